The van der Waals surface area contributed by atoms with Gasteiger partial charge >= 0.3 is 6.18 Å². The number of unbranched alkanes of at least 4 members (excludes halogenated alkanes) is 1. The Labute approximate surface area is 189 Å². The first-order valence-corrected chi connectivity index (χ1v) is 12.8. The van der Waals surface area contributed by atoms with Gasteiger partial charge in [0, 0.05) is 18.3 Å². The van der Waals surface area contributed by atoms with Gasteiger partial charge in [0.2, 0.25) is 10.0 Å². The standard InChI is InChI=1S/C19H25F3N6O2S2/c1-3-5-8-28-14(4-2)7-6-13-9-15(24-26-18-25-23-12-31-18)16(10-17(13)28)27-32(29,30)11-19(20,21)22/h9-10,12,14,27H,3-8,11H2,1-2H3. The molecule has 0 radical (unpaired) electrons. The van der Waals surface area contributed by atoms with Crippen LogP contribution >= 0.6 is 11.3 Å². The second-order valence-electron chi connectivity index (χ2n) is 7.54. The Morgan fingerprint density at radius 2 is 2.06 bits per heavy atom. The van der Waals surface area contributed by atoms with E-state index in [1.54, 1.807) is 12.1 Å². The number of halogens is 3. The highest BCUT2D eigenvalue weighted by Gasteiger charge is 2.36. The third-order valence-corrected chi connectivity index (χ3v) is 6.94. The molecule has 0 saturated carbocycles. The number of hydrogen-bond acceptors (Lipinski definition) is 8. The molecular weight excluding hydrogens is 465 g/mol. The van der Waals surface area contributed by atoms with Crippen LogP contribution in [0, 0.1) is 0 Å². The second-order valence-corrected chi connectivity index (χ2v) is 10.1. The monoisotopic (exact) mass is 490 g/mol. The minimum absolute atomic E-state index is 0.0421. The van der Waals surface area contributed by atoms with E-state index in [0.717, 1.165) is 61.2 Å². The quantitative estimate of drug-likeness (QED) is 0.462. The molecule has 1 aromatic heterocycles. The van der Waals surface area contributed by atoms with Crippen molar-refractivity contribution in [1.82, 2.24) is 10.2 Å². The first kappa shape index (κ1) is 24.4. The van der Waals surface area contributed by atoms with Crippen LogP contribution in [-0.4, -0.2) is 43.1 Å². The number of anilines is 2. The number of nitrogens with one attached hydrogen (secondary N) is 1. The summed E-state index contributed by atoms with van der Waals surface area (Å²) in [6.45, 7) is 4.95. The van der Waals surface area contributed by atoms with Gasteiger partial charge in [-0.1, -0.05) is 31.6 Å². The Hall–Kier alpha value is -2.28. The molecule has 0 bridgehead atoms. The SMILES string of the molecule is CCCCN1c2cc(NS(=O)(=O)CC(F)(F)F)c(N=Nc3nncs3)cc2CCC1CC. The van der Waals surface area contributed by atoms with E-state index in [0.29, 0.717) is 0 Å². The van der Waals surface area contributed by atoms with Crippen molar-refractivity contribution in [3.8, 4) is 0 Å². The van der Waals surface area contributed by atoms with Crippen molar-refractivity contribution >= 4 is 43.6 Å². The number of rotatable bonds is 9. The molecule has 2 aromatic rings. The van der Waals surface area contributed by atoms with Gasteiger partial charge in [-0.25, -0.2) is 8.42 Å². The smallest absolute Gasteiger partial charge is 0.368 e. The topological polar surface area (TPSA) is 99.9 Å². The molecule has 1 aromatic carbocycles. The number of aryl methyl sites for hydroxylation is 1. The van der Waals surface area contributed by atoms with Crippen LogP contribution in [0.3, 0.4) is 0 Å². The van der Waals surface area contributed by atoms with Gasteiger partial charge in [-0.3, -0.25) is 4.72 Å². The van der Waals surface area contributed by atoms with Gasteiger partial charge in [-0.2, -0.15) is 13.2 Å². The Morgan fingerprint density at radius 1 is 1.28 bits per heavy atom. The molecular formula is C19H25F3N6O2S2. The summed E-state index contributed by atoms with van der Waals surface area (Å²) in [5, 5.41) is 15.7. The number of benzene rings is 1. The maximum Gasteiger partial charge on any atom is 0.404 e. The van der Waals surface area contributed by atoms with Crippen molar-refractivity contribution in [1.29, 1.82) is 0 Å². The summed E-state index contributed by atoms with van der Waals surface area (Å²) in [7, 11) is -4.69. The first-order chi connectivity index (χ1) is 15.1. The van der Waals surface area contributed by atoms with Gasteiger partial charge in [-0.05, 0) is 43.4 Å². The van der Waals surface area contributed by atoms with Crippen LogP contribution in [0.4, 0.5) is 35.4 Å². The lowest BCUT2D eigenvalue weighted by Gasteiger charge is -2.39. The van der Waals surface area contributed by atoms with Gasteiger partial charge < -0.3 is 4.90 Å². The van der Waals surface area contributed by atoms with E-state index in [9.17, 15) is 21.6 Å². The second kappa shape index (κ2) is 10.1. The average molecular weight is 491 g/mol. The van der Waals surface area contributed by atoms with Crippen LogP contribution in [0.25, 0.3) is 0 Å². The molecule has 0 aliphatic carbocycles. The van der Waals surface area contributed by atoms with Crippen LogP contribution in [0.15, 0.2) is 27.9 Å². The Bertz CT molecular complexity index is 1040. The summed E-state index contributed by atoms with van der Waals surface area (Å²) in [5.74, 6) is -1.98. The zero-order valence-corrected chi connectivity index (χ0v) is 19.4. The Balaban J connectivity index is 2.04. The van der Waals surface area contributed by atoms with Gasteiger partial charge in [0.05, 0.1) is 5.69 Å². The summed E-state index contributed by atoms with van der Waals surface area (Å²) in [6.07, 6.45) is -0.330. The molecule has 1 aliphatic rings. The molecule has 8 nitrogen and oxygen atoms in total. The number of azo groups is 1. The predicted octanol–water partition coefficient (Wildman–Crippen LogP) is 5.59. The largest absolute Gasteiger partial charge is 0.404 e. The minimum Gasteiger partial charge on any atom is -0.368 e. The summed E-state index contributed by atoms with van der Waals surface area (Å²) in [5.41, 5.74) is 3.33. The van der Waals surface area contributed by atoms with Crippen LogP contribution in [0.2, 0.25) is 0 Å². The third-order valence-electron chi connectivity index (χ3n) is 5.13. The molecule has 2 heterocycles. The maximum absolute atomic E-state index is 12.8. The molecule has 32 heavy (non-hydrogen) atoms. The van der Waals surface area contributed by atoms with Crippen molar-refractivity contribution in [3.05, 3.63) is 23.2 Å². The number of sulfonamides is 1. The van der Waals surface area contributed by atoms with E-state index in [2.05, 4.69) is 43.9 Å². The van der Waals surface area contributed by atoms with E-state index < -0.39 is 22.0 Å². The highest BCUT2D eigenvalue weighted by Crippen LogP contribution is 2.40. The summed E-state index contributed by atoms with van der Waals surface area (Å²) in [4.78, 5) is 2.22. The van der Waals surface area contributed by atoms with Gasteiger partial charge in [0.25, 0.3) is 5.13 Å². The molecule has 0 fully saturated rings. The van der Waals surface area contributed by atoms with Crippen LogP contribution < -0.4 is 9.62 Å². The van der Waals surface area contributed by atoms with Crippen LogP contribution in [-0.2, 0) is 16.4 Å². The number of alkyl halides is 3. The Morgan fingerprint density at radius 3 is 2.69 bits per heavy atom. The van der Waals surface area contributed by atoms with Crippen molar-refractivity contribution in [2.24, 2.45) is 10.2 Å². The number of nitrogens with zero attached hydrogens (tertiary/aromatic N) is 5. The zero-order chi connectivity index (χ0) is 23.4. The van der Waals surface area contributed by atoms with E-state index in [1.165, 1.54) is 5.51 Å². The number of aromatic nitrogens is 2. The van der Waals surface area contributed by atoms with Gasteiger partial charge in [0.1, 0.15) is 11.2 Å². The Kier molecular flexibility index (Phi) is 7.70. The molecule has 1 unspecified atom stereocenters. The summed E-state index contributed by atoms with van der Waals surface area (Å²) in [6, 6.07) is 3.55. The molecule has 1 atom stereocenters. The lowest BCUT2D eigenvalue weighted by molar-refractivity contribution is -0.106. The molecule has 0 spiro atoms. The zero-order valence-electron chi connectivity index (χ0n) is 17.8. The highest BCUT2D eigenvalue weighted by atomic mass is 32.2. The van der Waals surface area contributed by atoms with Crippen LogP contribution in [0.1, 0.15) is 45.1 Å². The minimum atomic E-state index is -4.87. The summed E-state index contributed by atoms with van der Waals surface area (Å²) >= 11 is 1.13. The molecule has 0 saturated heterocycles. The normalized spacial score (nSPS) is 17.0. The van der Waals surface area contributed by atoms with Crippen molar-refractivity contribution < 1.29 is 21.6 Å². The molecule has 176 valence electrons. The van der Waals surface area contributed by atoms with E-state index in [1.807, 2.05) is 0 Å². The van der Waals surface area contributed by atoms with Crippen LogP contribution in [0.5, 0.6) is 0 Å². The number of fused-ring (bicyclic) bond motifs is 1. The van der Waals surface area contributed by atoms with E-state index >= 15 is 0 Å². The highest BCUT2D eigenvalue weighted by molar-refractivity contribution is 7.92. The van der Waals surface area contributed by atoms with Crippen molar-refractivity contribution in [3.63, 3.8) is 0 Å². The molecule has 1 aliphatic heterocycles. The fourth-order valence-electron chi connectivity index (χ4n) is 3.71. The lowest BCUT2D eigenvalue weighted by atomic mass is 9.93. The fraction of sp³-hybridized carbons (Fsp3) is 0.579. The molecule has 1 N–H and O–H groups in total. The maximum atomic E-state index is 12.8. The molecule has 0 amide bonds. The molecule has 3 rings (SSSR count). The number of hydrogen-bond donors (Lipinski definition) is 1. The molecule has 13 heteroatoms. The van der Waals surface area contributed by atoms with E-state index in [4.69, 9.17) is 0 Å². The van der Waals surface area contributed by atoms with Gasteiger partial charge in [0.15, 0.2) is 5.75 Å². The van der Waals surface area contributed by atoms with Crippen molar-refractivity contribution in [2.45, 2.75) is 58.2 Å². The third kappa shape index (κ3) is 6.37. The first-order valence-electron chi connectivity index (χ1n) is 10.3. The summed E-state index contributed by atoms with van der Waals surface area (Å²) < 4.78 is 64.8. The van der Waals surface area contributed by atoms with Crippen molar-refractivity contribution in [2.75, 3.05) is 21.9 Å². The van der Waals surface area contributed by atoms with E-state index in [-0.39, 0.29) is 22.5 Å². The fourth-order valence-corrected chi connectivity index (χ4v) is 5.08. The average Bonchev–Trinajstić information content (AvgIpc) is 3.22. The lowest BCUT2D eigenvalue weighted by Crippen LogP contribution is -2.39. The predicted molar refractivity (Wildman–Crippen MR) is 119 cm³/mol. The van der Waals surface area contributed by atoms with Gasteiger partial charge in [-0.15, -0.1) is 20.4 Å².